The lowest BCUT2D eigenvalue weighted by molar-refractivity contribution is 1.18. The highest BCUT2D eigenvalue weighted by atomic mass is 15.0. The van der Waals surface area contributed by atoms with Crippen LogP contribution in [0.4, 0.5) is 0 Å². The molecule has 0 spiro atoms. The summed E-state index contributed by atoms with van der Waals surface area (Å²) in [6.45, 7) is 0. The Bertz CT molecular complexity index is 6800. The number of hydrogen-bond donors (Lipinski definition) is 0. The Kier molecular flexibility index (Phi) is 16.0. The number of fused-ring (bicyclic) bond motifs is 10. The van der Waals surface area contributed by atoms with E-state index >= 15 is 0 Å². The van der Waals surface area contributed by atoms with E-state index in [-0.39, 0.29) is 0 Å². The van der Waals surface area contributed by atoms with E-state index in [2.05, 4.69) is 434 Å². The standard InChI is InChI=1S/C56H37N.C50H33N/c1-4-16-38(17-5-1)43-34-44(39-18-6-2-7-19-39)36-45(35-43)56-50-25-12-10-23-48(50)55(49-24-11-13-26-51(49)56)41-30-28-40(29-31-41)42-32-33-54-52(37-42)47-22-14-15-27-53(47)57(54)46-20-8-3-9-21-46;1-3-15-35(16-4-1)39-19-7-8-21-41(39)50-44-24-11-9-22-42(44)49(43-23-10-12-25-45(43)50)36-29-27-34(28-30-36)37-31-32-48-46(33-37)40-20-13-14-26-47(40)51(48)38-17-5-2-6-18-38/h1-37H;1-33H. The molecule has 21 rings (SSSR count). The molecule has 2 heterocycles. The van der Waals surface area contributed by atoms with Gasteiger partial charge in [-0.25, -0.2) is 0 Å². The molecule has 0 N–H and O–H groups in total. The van der Waals surface area contributed by atoms with Gasteiger partial charge in [-0.1, -0.05) is 346 Å². The summed E-state index contributed by atoms with van der Waals surface area (Å²) < 4.78 is 4.74. The first-order valence-corrected chi connectivity index (χ1v) is 37.3. The van der Waals surface area contributed by atoms with Gasteiger partial charge in [0.2, 0.25) is 0 Å². The number of benzene rings is 19. The molecule has 0 unspecified atom stereocenters. The van der Waals surface area contributed by atoms with Gasteiger partial charge in [0, 0.05) is 32.9 Å². The van der Waals surface area contributed by atoms with Crippen LogP contribution < -0.4 is 0 Å². The second kappa shape index (κ2) is 27.1. The highest BCUT2D eigenvalue weighted by Crippen LogP contribution is 2.49. The van der Waals surface area contributed by atoms with Crippen LogP contribution in [0.25, 0.3) is 198 Å². The smallest absolute Gasteiger partial charge is 0.0541 e. The minimum Gasteiger partial charge on any atom is -0.309 e. The SMILES string of the molecule is c1ccc(-c2cc(-c3ccccc3)cc(-c3c4ccccc4c(-c4ccc(-c5ccc6c(c5)c5ccccc5n6-c5ccccc5)cc4)c4ccccc34)c2)cc1.c1ccc(-c2ccccc2-c2c3ccccc3c(-c3ccc(-c4ccc5c(c4)c4ccccc4n5-c4ccccc4)cc3)c3ccccc23)cc1. The molecule has 0 saturated carbocycles. The Morgan fingerprint density at radius 3 is 0.750 bits per heavy atom. The molecule has 2 aromatic heterocycles. The predicted molar refractivity (Wildman–Crippen MR) is 461 cm³/mol. The van der Waals surface area contributed by atoms with Crippen molar-refractivity contribution >= 4 is 86.7 Å². The van der Waals surface area contributed by atoms with Gasteiger partial charge < -0.3 is 9.13 Å². The van der Waals surface area contributed by atoms with E-state index < -0.39 is 0 Å². The van der Waals surface area contributed by atoms with Crippen molar-refractivity contribution in [3.8, 4) is 112 Å². The number of nitrogens with zero attached hydrogens (tertiary/aromatic N) is 2. The molecular formula is C106H70N2. The fraction of sp³-hybridized carbons (Fsp3) is 0. The van der Waals surface area contributed by atoms with E-state index in [1.54, 1.807) is 0 Å². The topological polar surface area (TPSA) is 9.86 Å². The van der Waals surface area contributed by atoms with Gasteiger partial charge in [-0.05, 0) is 222 Å². The van der Waals surface area contributed by atoms with Crippen LogP contribution in [0.2, 0.25) is 0 Å². The lowest BCUT2D eigenvalue weighted by atomic mass is 9.83. The molecule has 108 heavy (non-hydrogen) atoms. The van der Waals surface area contributed by atoms with Gasteiger partial charge in [-0.15, -0.1) is 0 Å². The molecule has 0 aliphatic heterocycles. The molecule has 0 atom stereocenters. The van der Waals surface area contributed by atoms with E-state index in [1.807, 2.05) is 0 Å². The van der Waals surface area contributed by atoms with Crippen LogP contribution >= 0.6 is 0 Å². The van der Waals surface area contributed by atoms with E-state index in [0.717, 1.165) is 0 Å². The van der Waals surface area contributed by atoms with Crippen LogP contribution in [0.1, 0.15) is 0 Å². The molecule has 0 aliphatic carbocycles. The summed E-state index contributed by atoms with van der Waals surface area (Å²) in [5.74, 6) is 0. The minimum absolute atomic E-state index is 1.17. The lowest BCUT2D eigenvalue weighted by Crippen LogP contribution is -1.93. The van der Waals surface area contributed by atoms with Crippen molar-refractivity contribution < 1.29 is 0 Å². The first-order valence-electron chi connectivity index (χ1n) is 37.3. The van der Waals surface area contributed by atoms with Gasteiger partial charge in [0.15, 0.2) is 0 Å². The normalized spacial score (nSPS) is 11.5. The van der Waals surface area contributed by atoms with Crippen LogP contribution in [0.15, 0.2) is 425 Å². The highest BCUT2D eigenvalue weighted by Gasteiger charge is 2.23. The first-order chi connectivity index (χ1) is 53.6. The monoisotopic (exact) mass is 1370 g/mol. The summed E-state index contributed by atoms with van der Waals surface area (Å²) in [5.41, 5.74) is 29.4. The van der Waals surface area contributed by atoms with Crippen molar-refractivity contribution in [2.45, 2.75) is 0 Å². The molecule has 19 aromatic carbocycles. The van der Waals surface area contributed by atoms with E-state index in [1.165, 1.54) is 198 Å². The molecule has 0 saturated heterocycles. The second-order valence-electron chi connectivity index (χ2n) is 28.1. The average Bonchev–Trinajstić information content (AvgIpc) is 1.12. The van der Waals surface area contributed by atoms with Crippen molar-refractivity contribution in [1.82, 2.24) is 9.13 Å². The maximum atomic E-state index is 2.37. The van der Waals surface area contributed by atoms with Gasteiger partial charge in [0.25, 0.3) is 0 Å². The van der Waals surface area contributed by atoms with Gasteiger partial charge >= 0.3 is 0 Å². The van der Waals surface area contributed by atoms with Crippen LogP contribution in [-0.4, -0.2) is 9.13 Å². The summed E-state index contributed by atoms with van der Waals surface area (Å²) in [7, 11) is 0. The molecule has 0 amide bonds. The second-order valence-corrected chi connectivity index (χ2v) is 28.1. The number of aromatic nitrogens is 2. The summed E-state index contributed by atoms with van der Waals surface area (Å²) in [5, 5.41) is 15.1. The third kappa shape index (κ3) is 11.1. The quantitative estimate of drug-likeness (QED) is 0.114. The third-order valence-corrected chi connectivity index (χ3v) is 22.0. The zero-order valence-corrected chi connectivity index (χ0v) is 59.3. The van der Waals surface area contributed by atoms with Crippen LogP contribution in [0, 0.1) is 0 Å². The largest absolute Gasteiger partial charge is 0.309 e. The maximum absolute atomic E-state index is 2.37. The minimum atomic E-state index is 1.17. The van der Waals surface area contributed by atoms with Crippen molar-refractivity contribution in [2.75, 3.05) is 0 Å². The summed E-state index contributed by atoms with van der Waals surface area (Å²) in [6, 6.07) is 155. The van der Waals surface area contributed by atoms with Crippen molar-refractivity contribution in [2.24, 2.45) is 0 Å². The third-order valence-electron chi connectivity index (χ3n) is 22.0. The maximum Gasteiger partial charge on any atom is 0.0541 e. The van der Waals surface area contributed by atoms with Crippen LogP contribution in [0.3, 0.4) is 0 Å². The number of rotatable bonds is 11. The zero-order chi connectivity index (χ0) is 71.4. The van der Waals surface area contributed by atoms with Crippen LogP contribution in [0.5, 0.6) is 0 Å². The average molecular weight is 1370 g/mol. The van der Waals surface area contributed by atoms with Crippen molar-refractivity contribution in [3.05, 3.63) is 425 Å². The fourth-order valence-electron chi connectivity index (χ4n) is 17.1. The summed E-state index contributed by atoms with van der Waals surface area (Å²) in [4.78, 5) is 0. The van der Waals surface area contributed by atoms with Crippen molar-refractivity contribution in [1.29, 1.82) is 0 Å². The Balaban J connectivity index is 0.000000143. The molecule has 2 heteroatoms. The lowest BCUT2D eigenvalue weighted by Gasteiger charge is -2.19. The molecule has 504 valence electrons. The number of para-hydroxylation sites is 4. The Morgan fingerprint density at radius 2 is 0.370 bits per heavy atom. The Hall–Kier alpha value is -14.2. The molecule has 0 bridgehead atoms. The fourth-order valence-corrected chi connectivity index (χ4v) is 17.1. The van der Waals surface area contributed by atoms with E-state index in [4.69, 9.17) is 0 Å². The van der Waals surface area contributed by atoms with E-state index in [9.17, 15) is 0 Å². The number of hydrogen-bond acceptors (Lipinski definition) is 0. The molecular weight excluding hydrogens is 1300 g/mol. The van der Waals surface area contributed by atoms with Gasteiger partial charge in [-0.2, -0.15) is 0 Å². The van der Waals surface area contributed by atoms with E-state index in [0.29, 0.717) is 0 Å². The molecule has 21 aromatic rings. The highest BCUT2D eigenvalue weighted by molar-refractivity contribution is 6.24. The van der Waals surface area contributed by atoms with Gasteiger partial charge in [0.1, 0.15) is 0 Å². The molecule has 0 aliphatic rings. The molecule has 0 radical (unpaired) electrons. The first kappa shape index (κ1) is 63.5. The summed E-state index contributed by atoms with van der Waals surface area (Å²) >= 11 is 0. The van der Waals surface area contributed by atoms with Gasteiger partial charge in [0.05, 0.1) is 22.1 Å². The molecule has 2 nitrogen and oxygen atoms in total. The van der Waals surface area contributed by atoms with Crippen LogP contribution in [-0.2, 0) is 0 Å². The summed E-state index contributed by atoms with van der Waals surface area (Å²) in [6.07, 6.45) is 0. The Labute approximate surface area is 627 Å². The zero-order valence-electron chi connectivity index (χ0n) is 59.3. The molecule has 0 fully saturated rings. The van der Waals surface area contributed by atoms with Gasteiger partial charge in [-0.3, -0.25) is 0 Å². The van der Waals surface area contributed by atoms with Crippen molar-refractivity contribution in [3.63, 3.8) is 0 Å². The predicted octanol–water partition coefficient (Wildman–Crippen LogP) is 29.2. The Morgan fingerprint density at radius 1 is 0.120 bits per heavy atom.